The van der Waals surface area contributed by atoms with Crippen molar-refractivity contribution in [3.8, 4) is 0 Å². The van der Waals surface area contributed by atoms with Crippen LogP contribution in [-0.2, 0) is 9.59 Å². The van der Waals surface area contributed by atoms with Crippen LogP contribution in [0.4, 0.5) is 4.39 Å². The average molecular weight is 290 g/mol. The zero-order chi connectivity index (χ0) is 14.8. The zero-order valence-corrected chi connectivity index (χ0v) is 12.7. The Balaban J connectivity index is 1.67. The van der Waals surface area contributed by atoms with Crippen molar-refractivity contribution < 1.29 is 14.0 Å². The first-order valence-corrected chi connectivity index (χ1v) is 8.47. The Hall–Kier alpha value is -0.990. The maximum Gasteiger partial charge on any atom is 0.191 e. The number of hydrogen-bond donors (Lipinski definition) is 0. The number of fused-ring (bicyclic) bond motifs is 5. The fourth-order valence-electron chi connectivity index (χ4n) is 6.00. The molecule has 0 aromatic rings. The van der Waals surface area contributed by atoms with Gasteiger partial charge in [-0.1, -0.05) is 6.92 Å². The molecule has 0 N–H and O–H groups in total. The molecule has 3 saturated carbocycles. The number of carbonyl (C=O) groups is 2. The maximum atomic E-state index is 14.2. The molecule has 0 radical (unpaired) electrons. The molecule has 3 heteroatoms. The summed E-state index contributed by atoms with van der Waals surface area (Å²) in [5.74, 6) is 1.63. The van der Waals surface area contributed by atoms with Crippen molar-refractivity contribution in [3.63, 3.8) is 0 Å². The minimum atomic E-state index is -0.416. The Morgan fingerprint density at radius 2 is 1.81 bits per heavy atom. The van der Waals surface area contributed by atoms with E-state index in [2.05, 4.69) is 6.92 Å². The molecule has 4 aliphatic carbocycles. The van der Waals surface area contributed by atoms with Crippen LogP contribution < -0.4 is 0 Å². The third-order valence-corrected chi connectivity index (χ3v) is 7.12. The molecule has 4 aliphatic rings. The van der Waals surface area contributed by atoms with E-state index in [9.17, 15) is 14.0 Å². The number of ketones is 2. The Labute approximate surface area is 125 Å². The van der Waals surface area contributed by atoms with Gasteiger partial charge in [-0.25, -0.2) is 4.39 Å². The van der Waals surface area contributed by atoms with Crippen LogP contribution in [0.3, 0.4) is 0 Å². The number of carbonyl (C=O) groups excluding carboxylic acids is 2. The minimum Gasteiger partial charge on any atom is -0.299 e. The highest BCUT2D eigenvalue weighted by molar-refractivity contribution is 5.95. The lowest BCUT2D eigenvalue weighted by molar-refractivity contribution is -0.131. The number of Topliss-reactive ketones (excluding diaryl/α,β-unsaturated/α-hetero) is 2. The van der Waals surface area contributed by atoms with Crippen molar-refractivity contribution in [3.05, 3.63) is 11.4 Å². The van der Waals surface area contributed by atoms with Crippen molar-refractivity contribution in [1.82, 2.24) is 0 Å². The minimum absolute atomic E-state index is 0.106. The second-order valence-corrected chi connectivity index (χ2v) is 7.80. The van der Waals surface area contributed by atoms with Crippen LogP contribution in [0.2, 0.25) is 0 Å². The summed E-state index contributed by atoms with van der Waals surface area (Å²) in [6.07, 6.45) is 6.71. The topological polar surface area (TPSA) is 34.1 Å². The lowest BCUT2D eigenvalue weighted by Crippen LogP contribution is -2.46. The van der Waals surface area contributed by atoms with Gasteiger partial charge in [-0.05, 0) is 67.8 Å². The number of halogens is 1. The summed E-state index contributed by atoms with van der Waals surface area (Å²) < 4.78 is 14.2. The molecule has 2 nitrogen and oxygen atoms in total. The Morgan fingerprint density at radius 3 is 2.62 bits per heavy atom. The average Bonchev–Trinajstić information content (AvgIpc) is 2.78. The third-order valence-electron chi connectivity index (χ3n) is 7.12. The molecule has 4 rings (SSSR count). The van der Waals surface area contributed by atoms with Crippen molar-refractivity contribution in [1.29, 1.82) is 0 Å². The molecule has 114 valence electrons. The maximum absolute atomic E-state index is 14.2. The summed E-state index contributed by atoms with van der Waals surface area (Å²) in [6, 6.07) is 0. The van der Waals surface area contributed by atoms with E-state index < -0.39 is 5.83 Å². The molecule has 3 fully saturated rings. The Kier molecular flexibility index (Phi) is 2.93. The van der Waals surface area contributed by atoms with E-state index in [1.165, 1.54) is 0 Å². The highest BCUT2D eigenvalue weighted by Gasteiger charge is 2.56. The standard InChI is InChI=1S/C18H23FO2/c1-18-9-8-11-10-4-6-15(20)17(19)13(10)3-2-12(11)14(18)5-7-16(18)21/h10-12,14H,2-9H2,1H3/t10-,11-,12-,14+,18+/m1/s1. The van der Waals surface area contributed by atoms with Gasteiger partial charge in [0.15, 0.2) is 11.6 Å². The van der Waals surface area contributed by atoms with Gasteiger partial charge in [0.25, 0.3) is 0 Å². The van der Waals surface area contributed by atoms with E-state index in [-0.39, 0.29) is 17.1 Å². The van der Waals surface area contributed by atoms with Gasteiger partial charge in [-0.15, -0.1) is 0 Å². The van der Waals surface area contributed by atoms with Crippen LogP contribution >= 0.6 is 0 Å². The third kappa shape index (κ3) is 1.75. The van der Waals surface area contributed by atoms with Gasteiger partial charge in [0, 0.05) is 18.3 Å². The summed E-state index contributed by atoms with van der Waals surface area (Å²) in [6.45, 7) is 2.17. The Bertz CT molecular complexity index is 549. The van der Waals surface area contributed by atoms with Crippen LogP contribution in [0.1, 0.15) is 58.3 Å². The molecule has 0 aliphatic heterocycles. The summed E-state index contributed by atoms with van der Waals surface area (Å²) in [5.41, 5.74) is 0.714. The fraction of sp³-hybridized carbons (Fsp3) is 0.778. The van der Waals surface area contributed by atoms with E-state index in [0.29, 0.717) is 30.0 Å². The van der Waals surface area contributed by atoms with Crippen molar-refractivity contribution in [2.24, 2.45) is 29.1 Å². The molecule has 21 heavy (non-hydrogen) atoms. The molecular formula is C18H23FO2. The SMILES string of the molecule is C[C@]12CC[C@H]3[C@@H](CCC4=C(F)C(=O)CC[C@@H]43)[C@@H]1CCC2=O. The number of hydrogen-bond acceptors (Lipinski definition) is 2. The summed E-state index contributed by atoms with van der Waals surface area (Å²) in [5, 5.41) is 0. The molecule has 0 unspecified atom stereocenters. The first kappa shape index (κ1) is 13.7. The molecule has 0 aromatic carbocycles. The predicted octanol–water partition coefficient (Wildman–Crippen LogP) is 3.99. The molecule has 0 bridgehead atoms. The highest BCUT2D eigenvalue weighted by atomic mass is 19.1. The van der Waals surface area contributed by atoms with E-state index in [0.717, 1.165) is 50.5 Å². The van der Waals surface area contributed by atoms with Crippen molar-refractivity contribution >= 4 is 11.6 Å². The van der Waals surface area contributed by atoms with E-state index in [4.69, 9.17) is 0 Å². The van der Waals surface area contributed by atoms with Crippen LogP contribution in [0.5, 0.6) is 0 Å². The summed E-state index contributed by atoms with van der Waals surface area (Å²) in [7, 11) is 0. The molecular weight excluding hydrogens is 267 g/mol. The second-order valence-electron chi connectivity index (χ2n) is 7.80. The normalized spacial score (nSPS) is 46.2. The quantitative estimate of drug-likeness (QED) is 0.676. The van der Waals surface area contributed by atoms with Gasteiger partial charge >= 0.3 is 0 Å². The monoisotopic (exact) mass is 290 g/mol. The summed E-state index contributed by atoms with van der Waals surface area (Å²) in [4.78, 5) is 23.9. The van der Waals surface area contributed by atoms with E-state index in [1.54, 1.807) is 0 Å². The molecule has 5 atom stereocenters. The lowest BCUT2D eigenvalue weighted by Gasteiger charge is -2.52. The van der Waals surface area contributed by atoms with Gasteiger partial charge in [-0.3, -0.25) is 9.59 Å². The van der Waals surface area contributed by atoms with E-state index in [1.807, 2.05) is 0 Å². The number of allylic oxidation sites excluding steroid dienone is 1. The smallest absolute Gasteiger partial charge is 0.191 e. The van der Waals surface area contributed by atoms with Crippen LogP contribution in [0, 0.1) is 29.1 Å². The Morgan fingerprint density at radius 1 is 1.00 bits per heavy atom. The zero-order valence-electron chi connectivity index (χ0n) is 12.7. The van der Waals surface area contributed by atoms with Crippen LogP contribution in [0.15, 0.2) is 11.4 Å². The fourth-order valence-corrected chi connectivity index (χ4v) is 6.00. The second kappa shape index (κ2) is 4.50. The number of rotatable bonds is 0. The van der Waals surface area contributed by atoms with Crippen LogP contribution in [0.25, 0.3) is 0 Å². The first-order chi connectivity index (χ1) is 10.0. The molecule has 0 heterocycles. The van der Waals surface area contributed by atoms with Gasteiger partial charge in [0.2, 0.25) is 0 Å². The lowest BCUT2D eigenvalue weighted by atomic mass is 9.52. The molecule has 0 amide bonds. The largest absolute Gasteiger partial charge is 0.299 e. The predicted molar refractivity (Wildman–Crippen MR) is 77.2 cm³/mol. The van der Waals surface area contributed by atoms with Crippen molar-refractivity contribution in [2.75, 3.05) is 0 Å². The van der Waals surface area contributed by atoms with Gasteiger partial charge in [-0.2, -0.15) is 0 Å². The van der Waals surface area contributed by atoms with Gasteiger partial charge < -0.3 is 0 Å². The summed E-state index contributed by atoms with van der Waals surface area (Å²) >= 11 is 0. The first-order valence-electron chi connectivity index (χ1n) is 8.47. The van der Waals surface area contributed by atoms with Gasteiger partial charge in [0.05, 0.1) is 0 Å². The molecule has 0 saturated heterocycles. The van der Waals surface area contributed by atoms with Gasteiger partial charge in [0.1, 0.15) is 5.78 Å². The van der Waals surface area contributed by atoms with Crippen molar-refractivity contribution in [2.45, 2.75) is 58.3 Å². The highest BCUT2D eigenvalue weighted by Crippen LogP contribution is 2.60. The molecule has 0 spiro atoms. The molecule has 0 aromatic heterocycles. The van der Waals surface area contributed by atoms with E-state index >= 15 is 0 Å². The van der Waals surface area contributed by atoms with Crippen LogP contribution in [-0.4, -0.2) is 11.6 Å².